The average molecular weight is 332 g/mol. The minimum absolute atomic E-state index is 0.257. The van der Waals surface area contributed by atoms with Gasteiger partial charge in [0.25, 0.3) is 5.91 Å². The summed E-state index contributed by atoms with van der Waals surface area (Å²) in [6.45, 7) is 0.257. The zero-order chi connectivity index (χ0) is 17.6. The van der Waals surface area contributed by atoms with Gasteiger partial charge in [-0.25, -0.2) is 5.43 Å². The van der Waals surface area contributed by atoms with Crippen LogP contribution >= 0.6 is 0 Å². The van der Waals surface area contributed by atoms with E-state index in [0.717, 1.165) is 16.5 Å². The summed E-state index contributed by atoms with van der Waals surface area (Å²) in [5.41, 5.74) is 4.78. The number of ether oxygens (including phenoxy) is 1. The van der Waals surface area contributed by atoms with Crippen LogP contribution in [0.4, 0.5) is 0 Å². The lowest BCUT2D eigenvalue weighted by Crippen LogP contribution is -2.17. The highest BCUT2D eigenvalue weighted by Gasteiger charge is 2.07. The summed E-state index contributed by atoms with van der Waals surface area (Å²) in [7, 11) is 1.57. The van der Waals surface area contributed by atoms with E-state index in [1.807, 2.05) is 35.0 Å². The monoisotopic (exact) mass is 332 g/mol. The molecule has 1 heterocycles. The molecule has 1 amide bonds. The van der Waals surface area contributed by atoms with Gasteiger partial charge >= 0.3 is 0 Å². The predicted molar refractivity (Wildman–Crippen MR) is 95.6 cm³/mol. The van der Waals surface area contributed by atoms with Gasteiger partial charge < -0.3 is 9.30 Å². The summed E-state index contributed by atoms with van der Waals surface area (Å²) in [6.07, 6.45) is 3.43. The lowest BCUT2D eigenvalue weighted by molar-refractivity contribution is 0.0955. The van der Waals surface area contributed by atoms with Crippen molar-refractivity contribution in [2.75, 3.05) is 7.11 Å². The van der Waals surface area contributed by atoms with E-state index < -0.39 is 0 Å². The first-order chi connectivity index (χ1) is 12.2. The Morgan fingerprint density at radius 3 is 2.76 bits per heavy atom. The van der Waals surface area contributed by atoms with E-state index in [-0.39, 0.29) is 12.5 Å². The quantitative estimate of drug-likeness (QED) is 0.576. The summed E-state index contributed by atoms with van der Waals surface area (Å²) in [6, 6.07) is 16.6. The van der Waals surface area contributed by atoms with E-state index in [2.05, 4.69) is 16.6 Å². The molecule has 0 fully saturated rings. The number of nitrogens with zero attached hydrogens (tertiary/aromatic N) is 3. The first-order valence-electron chi connectivity index (χ1n) is 7.65. The van der Waals surface area contributed by atoms with Crippen LogP contribution in [0.25, 0.3) is 10.9 Å². The van der Waals surface area contributed by atoms with Gasteiger partial charge in [-0.2, -0.15) is 10.4 Å². The van der Waals surface area contributed by atoms with Gasteiger partial charge in [-0.15, -0.1) is 0 Å². The van der Waals surface area contributed by atoms with Crippen molar-refractivity contribution in [3.05, 3.63) is 65.9 Å². The summed E-state index contributed by atoms with van der Waals surface area (Å²) in [5, 5.41) is 13.9. The normalized spacial score (nSPS) is 10.7. The zero-order valence-corrected chi connectivity index (χ0v) is 13.6. The smallest absolute Gasteiger partial charge is 0.271 e. The predicted octanol–water partition coefficient (Wildman–Crippen LogP) is 2.94. The molecular weight excluding hydrogens is 316 g/mol. The summed E-state index contributed by atoms with van der Waals surface area (Å²) >= 11 is 0. The van der Waals surface area contributed by atoms with E-state index in [4.69, 9.17) is 10.00 Å². The molecule has 0 spiro atoms. The third-order valence-corrected chi connectivity index (χ3v) is 3.78. The highest BCUT2D eigenvalue weighted by atomic mass is 16.5. The Labute approximate surface area is 144 Å². The molecule has 3 aromatic rings. The van der Waals surface area contributed by atoms with E-state index in [1.54, 1.807) is 37.6 Å². The number of para-hydroxylation sites is 1. The Morgan fingerprint density at radius 1 is 1.28 bits per heavy atom. The maximum absolute atomic E-state index is 12.1. The number of methoxy groups -OCH3 is 1. The number of hydrogen-bond donors (Lipinski definition) is 1. The van der Waals surface area contributed by atoms with Gasteiger partial charge in [-0.1, -0.05) is 18.2 Å². The van der Waals surface area contributed by atoms with Crippen LogP contribution in [0.15, 0.2) is 59.8 Å². The van der Waals surface area contributed by atoms with Crippen LogP contribution in [0.1, 0.15) is 15.9 Å². The highest BCUT2D eigenvalue weighted by Crippen LogP contribution is 2.19. The molecule has 1 aromatic heterocycles. The minimum Gasteiger partial charge on any atom is -0.497 e. The number of carbonyl (C=O) groups is 1. The van der Waals surface area contributed by atoms with Gasteiger partial charge in [0.2, 0.25) is 0 Å². The Balaban J connectivity index is 1.77. The fraction of sp³-hybridized carbons (Fsp3) is 0.105. The molecule has 0 saturated heterocycles. The molecule has 1 N–H and O–H groups in total. The van der Waals surface area contributed by atoms with Gasteiger partial charge in [-0.3, -0.25) is 4.79 Å². The zero-order valence-electron chi connectivity index (χ0n) is 13.6. The molecule has 25 heavy (non-hydrogen) atoms. The van der Waals surface area contributed by atoms with Crippen LogP contribution in [-0.4, -0.2) is 23.8 Å². The SMILES string of the molecule is COc1ccc(C(=O)N/N=C\c2cn(CC#N)c3ccccc23)cc1. The Bertz CT molecular complexity index is 965. The van der Waals surface area contributed by atoms with Crippen molar-refractivity contribution >= 4 is 23.0 Å². The summed E-state index contributed by atoms with van der Waals surface area (Å²) in [4.78, 5) is 12.1. The van der Waals surface area contributed by atoms with Gasteiger partial charge in [-0.05, 0) is 30.3 Å². The fourth-order valence-corrected chi connectivity index (χ4v) is 2.55. The molecule has 0 aliphatic carbocycles. The van der Waals surface area contributed by atoms with E-state index >= 15 is 0 Å². The molecule has 6 heteroatoms. The molecule has 0 unspecified atom stereocenters. The fourth-order valence-electron chi connectivity index (χ4n) is 2.55. The van der Waals surface area contributed by atoms with Crippen molar-refractivity contribution in [2.24, 2.45) is 5.10 Å². The second kappa shape index (κ2) is 7.32. The molecule has 0 saturated carbocycles. The standard InChI is InChI=1S/C19H16N4O2/c1-25-16-8-6-14(7-9-16)19(24)22-21-12-15-13-23(11-10-20)18-5-3-2-4-17(15)18/h2-9,12-13H,11H2,1H3,(H,22,24)/b21-12-. The summed E-state index contributed by atoms with van der Waals surface area (Å²) in [5.74, 6) is 0.380. The maximum atomic E-state index is 12.1. The first kappa shape index (κ1) is 16.3. The Hall–Kier alpha value is -3.59. The summed E-state index contributed by atoms with van der Waals surface area (Å²) < 4.78 is 6.91. The second-order valence-corrected chi connectivity index (χ2v) is 5.32. The lowest BCUT2D eigenvalue weighted by atomic mass is 10.2. The number of benzene rings is 2. The molecule has 0 bridgehead atoms. The van der Waals surface area contributed by atoms with Gasteiger partial charge in [0.15, 0.2) is 0 Å². The van der Waals surface area contributed by atoms with Crippen molar-refractivity contribution in [2.45, 2.75) is 6.54 Å². The topological polar surface area (TPSA) is 79.4 Å². The van der Waals surface area contributed by atoms with E-state index in [9.17, 15) is 4.79 Å². The van der Waals surface area contributed by atoms with Gasteiger partial charge in [0.1, 0.15) is 12.3 Å². The van der Waals surface area contributed by atoms with Crippen LogP contribution < -0.4 is 10.2 Å². The third-order valence-electron chi connectivity index (χ3n) is 3.78. The minimum atomic E-state index is -0.306. The maximum Gasteiger partial charge on any atom is 0.271 e. The van der Waals surface area contributed by atoms with Crippen LogP contribution in [0.3, 0.4) is 0 Å². The van der Waals surface area contributed by atoms with Crippen LogP contribution in [0, 0.1) is 11.3 Å². The van der Waals surface area contributed by atoms with E-state index in [0.29, 0.717) is 11.3 Å². The van der Waals surface area contributed by atoms with Crippen LogP contribution in [0.2, 0.25) is 0 Å². The highest BCUT2D eigenvalue weighted by molar-refractivity contribution is 6.00. The average Bonchev–Trinajstić information content (AvgIpc) is 3.00. The van der Waals surface area contributed by atoms with Crippen LogP contribution in [0.5, 0.6) is 5.75 Å². The number of hydrogen-bond acceptors (Lipinski definition) is 4. The number of aromatic nitrogens is 1. The number of nitrogens with one attached hydrogen (secondary N) is 1. The molecule has 0 aliphatic rings. The number of amides is 1. The Kier molecular flexibility index (Phi) is 4.77. The number of fused-ring (bicyclic) bond motifs is 1. The van der Waals surface area contributed by atoms with Crippen molar-refractivity contribution in [1.29, 1.82) is 5.26 Å². The van der Waals surface area contributed by atoms with Crippen molar-refractivity contribution < 1.29 is 9.53 Å². The van der Waals surface area contributed by atoms with Gasteiger partial charge in [0, 0.05) is 28.2 Å². The molecule has 6 nitrogen and oxygen atoms in total. The third kappa shape index (κ3) is 3.51. The largest absolute Gasteiger partial charge is 0.497 e. The van der Waals surface area contributed by atoms with E-state index in [1.165, 1.54) is 0 Å². The Morgan fingerprint density at radius 2 is 2.04 bits per heavy atom. The van der Waals surface area contributed by atoms with Gasteiger partial charge in [0.05, 0.1) is 19.4 Å². The van der Waals surface area contributed by atoms with Crippen molar-refractivity contribution in [1.82, 2.24) is 9.99 Å². The molecule has 0 atom stereocenters. The van der Waals surface area contributed by atoms with Crippen LogP contribution in [-0.2, 0) is 6.54 Å². The molecule has 124 valence electrons. The molecule has 0 aliphatic heterocycles. The molecule has 2 aromatic carbocycles. The molecular formula is C19H16N4O2. The first-order valence-corrected chi connectivity index (χ1v) is 7.65. The van der Waals surface area contributed by atoms with Crippen molar-refractivity contribution in [3.63, 3.8) is 0 Å². The molecule has 3 rings (SSSR count). The van der Waals surface area contributed by atoms with Crippen molar-refractivity contribution in [3.8, 4) is 11.8 Å². The second-order valence-electron chi connectivity index (χ2n) is 5.32. The number of rotatable bonds is 5. The lowest BCUT2D eigenvalue weighted by Gasteiger charge is -2.01. The number of hydrazone groups is 1. The molecule has 0 radical (unpaired) electrons. The number of nitriles is 1. The number of carbonyl (C=O) groups excluding carboxylic acids is 1.